The number of nitrogens with zero attached hydrogens (tertiary/aromatic N) is 5. The van der Waals surface area contributed by atoms with Crippen molar-refractivity contribution in [3.63, 3.8) is 0 Å². The lowest BCUT2D eigenvalue weighted by Gasteiger charge is -2.43. The second-order valence-electron chi connectivity index (χ2n) is 9.23. The van der Waals surface area contributed by atoms with Crippen LogP contribution in [0.4, 0.5) is 0 Å². The van der Waals surface area contributed by atoms with Crippen molar-refractivity contribution in [3.8, 4) is 29.5 Å². The minimum atomic E-state index is -1.67. The molecule has 2 aliphatic carbocycles. The van der Waals surface area contributed by atoms with E-state index in [1.165, 1.54) is 0 Å². The highest BCUT2D eigenvalue weighted by molar-refractivity contribution is 9.10. The van der Waals surface area contributed by atoms with Gasteiger partial charge >= 0.3 is 0 Å². The molecule has 2 aliphatic rings. The lowest BCUT2D eigenvalue weighted by atomic mass is 9.56. The van der Waals surface area contributed by atoms with Crippen LogP contribution in [0.2, 0.25) is 0 Å². The number of hydrogen-bond acceptors (Lipinski definition) is 5. The molecular weight excluding hydrogens is 512 g/mol. The summed E-state index contributed by atoms with van der Waals surface area (Å²) in [4.78, 5) is 0. The maximum Gasteiger partial charge on any atom is 0.191 e. The van der Waals surface area contributed by atoms with Crippen molar-refractivity contribution in [1.82, 2.24) is 9.78 Å². The summed E-state index contributed by atoms with van der Waals surface area (Å²) in [6.45, 7) is 0.536. The monoisotopic (exact) mass is 534 g/mol. The van der Waals surface area contributed by atoms with E-state index in [0.717, 1.165) is 51.7 Å². The topological polar surface area (TPSA) is 115 Å². The first-order valence-electron chi connectivity index (χ1n) is 11.8. The Balaban J connectivity index is 1.74. The lowest BCUT2D eigenvalue weighted by Crippen LogP contribution is -2.42. The van der Waals surface area contributed by atoms with Gasteiger partial charge in [-0.05, 0) is 48.4 Å². The molecule has 0 radical (unpaired) electrons. The molecule has 1 heterocycles. The molecule has 176 valence electrons. The summed E-state index contributed by atoms with van der Waals surface area (Å²) in [6.07, 6.45) is 6.54. The molecule has 2 atom stereocenters. The van der Waals surface area contributed by atoms with Crippen molar-refractivity contribution >= 4 is 15.9 Å². The quantitative estimate of drug-likeness (QED) is 0.443. The molecule has 36 heavy (non-hydrogen) atoms. The van der Waals surface area contributed by atoms with Gasteiger partial charge in [0, 0.05) is 27.7 Å². The predicted octanol–water partition coefficient (Wildman–Crippen LogP) is 5.95. The fraction of sp³-hybridized carbons (Fsp3) is 0.241. The van der Waals surface area contributed by atoms with Crippen LogP contribution < -0.4 is 5.73 Å². The molecule has 0 fully saturated rings. The summed E-state index contributed by atoms with van der Waals surface area (Å²) in [5.74, 6) is -0.724. The van der Waals surface area contributed by atoms with Gasteiger partial charge in [-0.3, -0.25) is 4.68 Å². The second-order valence-corrected chi connectivity index (χ2v) is 10.1. The maximum absolute atomic E-state index is 10.4. The number of nitrogens with two attached hydrogens (primary N) is 1. The second kappa shape index (κ2) is 9.50. The van der Waals surface area contributed by atoms with Gasteiger partial charge < -0.3 is 5.73 Å². The van der Waals surface area contributed by atoms with Crippen LogP contribution in [0.5, 0.6) is 0 Å². The van der Waals surface area contributed by atoms with E-state index < -0.39 is 11.3 Å². The first kappa shape index (κ1) is 23.6. The average molecular weight is 535 g/mol. The first-order chi connectivity index (χ1) is 17.5. The largest absolute Gasteiger partial charge is 0.399 e. The molecule has 2 unspecified atom stereocenters. The molecule has 1 aromatic heterocycles. The van der Waals surface area contributed by atoms with Gasteiger partial charge in [0.15, 0.2) is 5.41 Å². The summed E-state index contributed by atoms with van der Waals surface area (Å²) in [6, 6.07) is 24.5. The Bertz CT molecular complexity index is 1480. The Morgan fingerprint density at radius 2 is 1.78 bits per heavy atom. The smallest absolute Gasteiger partial charge is 0.191 e. The van der Waals surface area contributed by atoms with E-state index in [-0.39, 0.29) is 17.2 Å². The van der Waals surface area contributed by atoms with Gasteiger partial charge in [0.2, 0.25) is 0 Å². The molecule has 2 aromatic carbocycles. The third-order valence-corrected chi connectivity index (χ3v) is 7.76. The molecule has 6 nitrogen and oxygen atoms in total. The van der Waals surface area contributed by atoms with Gasteiger partial charge in [0.1, 0.15) is 6.07 Å². The van der Waals surface area contributed by atoms with Crippen LogP contribution in [0.15, 0.2) is 88.2 Å². The van der Waals surface area contributed by atoms with Crippen LogP contribution in [0.3, 0.4) is 0 Å². The van der Waals surface area contributed by atoms with Crippen molar-refractivity contribution in [2.24, 2.45) is 17.1 Å². The highest BCUT2D eigenvalue weighted by Crippen LogP contribution is 2.57. The molecule has 3 aromatic rings. The number of halogens is 1. The Kier molecular flexibility index (Phi) is 6.23. The highest BCUT2D eigenvalue weighted by Gasteiger charge is 2.54. The summed E-state index contributed by atoms with van der Waals surface area (Å²) >= 11 is 3.48. The predicted molar refractivity (Wildman–Crippen MR) is 140 cm³/mol. The fourth-order valence-corrected chi connectivity index (χ4v) is 5.82. The van der Waals surface area contributed by atoms with Crippen LogP contribution in [0.1, 0.15) is 36.3 Å². The van der Waals surface area contributed by atoms with Crippen molar-refractivity contribution in [1.29, 1.82) is 15.8 Å². The van der Waals surface area contributed by atoms with Gasteiger partial charge in [0.25, 0.3) is 0 Å². The van der Waals surface area contributed by atoms with Gasteiger partial charge in [-0.15, -0.1) is 0 Å². The molecule has 2 N–H and O–H groups in total. The zero-order chi connectivity index (χ0) is 25.3. The van der Waals surface area contributed by atoms with E-state index in [0.29, 0.717) is 6.54 Å². The third-order valence-electron chi connectivity index (χ3n) is 7.23. The SMILES string of the molecule is N#CC1=C(N)C(C#N)(C#N)C(c2cn(Cc3ccc(Br)cc3)nc2-c2ccccc2)C2CCCC=C12. The molecule has 0 amide bonds. The van der Waals surface area contributed by atoms with E-state index in [1.807, 2.05) is 65.5 Å². The Morgan fingerprint density at radius 3 is 2.44 bits per heavy atom. The van der Waals surface area contributed by atoms with E-state index in [2.05, 4.69) is 40.2 Å². The average Bonchev–Trinajstić information content (AvgIpc) is 3.33. The summed E-state index contributed by atoms with van der Waals surface area (Å²) in [5, 5.41) is 35.7. The Labute approximate surface area is 218 Å². The molecule has 5 rings (SSSR count). The molecule has 7 heteroatoms. The van der Waals surface area contributed by atoms with E-state index in [4.69, 9.17) is 10.8 Å². The van der Waals surface area contributed by atoms with Crippen LogP contribution in [0.25, 0.3) is 11.3 Å². The third kappa shape index (κ3) is 3.81. The van der Waals surface area contributed by atoms with Crippen LogP contribution in [0, 0.1) is 45.3 Å². The van der Waals surface area contributed by atoms with Crippen LogP contribution >= 0.6 is 15.9 Å². The van der Waals surface area contributed by atoms with Crippen molar-refractivity contribution in [3.05, 3.63) is 99.3 Å². The summed E-state index contributed by atoms with van der Waals surface area (Å²) in [5.41, 5.74) is 9.52. The highest BCUT2D eigenvalue weighted by atomic mass is 79.9. The zero-order valence-corrected chi connectivity index (χ0v) is 21.1. The van der Waals surface area contributed by atoms with E-state index in [1.54, 1.807) is 0 Å². The summed E-state index contributed by atoms with van der Waals surface area (Å²) in [7, 11) is 0. The zero-order valence-electron chi connectivity index (χ0n) is 19.5. The number of rotatable bonds is 4. The van der Waals surface area contributed by atoms with Crippen molar-refractivity contribution in [2.75, 3.05) is 0 Å². The minimum Gasteiger partial charge on any atom is -0.399 e. The van der Waals surface area contributed by atoms with Crippen molar-refractivity contribution in [2.45, 2.75) is 31.7 Å². The molecule has 0 saturated carbocycles. The number of fused-ring (bicyclic) bond motifs is 1. The number of aromatic nitrogens is 2. The van der Waals surface area contributed by atoms with Gasteiger partial charge in [-0.25, -0.2) is 0 Å². The fourth-order valence-electron chi connectivity index (χ4n) is 5.56. The Hall–Kier alpha value is -4.12. The normalized spacial score (nSPS) is 20.4. The molecule has 0 saturated heterocycles. The number of hydrogen-bond donors (Lipinski definition) is 1. The van der Waals surface area contributed by atoms with Gasteiger partial charge in [0.05, 0.1) is 35.6 Å². The molecular formula is C29H23BrN6. The molecule has 0 spiro atoms. The maximum atomic E-state index is 10.4. The van der Waals surface area contributed by atoms with Crippen LogP contribution in [-0.2, 0) is 6.54 Å². The number of benzene rings is 2. The number of allylic oxidation sites excluding steroid dienone is 4. The van der Waals surface area contributed by atoms with Gasteiger partial charge in [-0.1, -0.05) is 64.5 Å². The Morgan fingerprint density at radius 1 is 1.06 bits per heavy atom. The van der Waals surface area contributed by atoms with Gasteiger partial charge in [-0.2, -0.15) is 20.9 Å². The lowest BCUT2D eigenvalue weighted by molar-refractivity contribution is 0.318. The standard InChI is InChI=1S/C29H23BrN6/c30-21-12-10-19(11-13-21)15-36-16-25(27(35-36)20-6-2-1-3-7-20)26-23-9-5-4-8-22(23)24(14-31)28(34)29(26,17-32)18-33/h1-3,6-8,10-13,16,23,26H,4-5,9,15,34H2. The first-order valence-corrected chi connectivity index (χ1v) is 12.6. The van der Waals surface area contributed by atoms with Crippen molar-refractivity contribution < 1.29 is 0 Å². The number of nitriles is 3. The van der Waals surface area contributed by atoms with Crippen LogP contribution in [-0.4, -0.2) is 9.78 Å². The molecule has 0 bridgehead atoms. The van der Waals surface area contributed by atoms with E-state index in [9.17, 15) is 15.8 Å². The van der Waals surface area contributed by atoms with E-state index >= 15 is 0 Å². The summed E-state index contributed by atoms with van der Waals surface area (Å²) < 4.78 is 2.87. The minimum absolute atomic E-state index is 0.0454. The molecule has 0 aliphatic heterocycles.